The summed E-state index contributed by atoms with van der Waals surface area (Å²) in [5, 5.41) is 9.07. The molecule has 0 saturated heterocycles. The van der Waals surface area contributed by atoms with Crippen molar-refractivity contribution in [3.05, 3.63) is 141 Å². The molecule has 3 heteroatoms. The molecule has 0 heterocycles. The molecule has 0 saturated carbocycles. The van der Waals surface area contributed by atoms with E-state index in [0.29, 0.717) is 16.8 Å². The van der Waals surface area contributed by atoms with Crippen LogP contribution in [0.25, 0.3) is 0 Å². The van der Waals surface area contributed by atoms with Crippen molar-refractivity contribution < 1.29 is 4.79 Å². The number of carbonyl (C=O) groups excluding carboxylic acids is 1. The Balaban J connectivity index is 1.86. The molecule has 0 N–H and O–H groups in total. The molecule has 0 aliphatic heterocycles. The van der Waals surface area contributed by atoms with Crippen molar-refractivity contribution in [2.75, 3.05) is 0 Å². The first-order valence-corrected chi connectivity index (χ1v) is 11.4. The van der Waals surface area contributed by atoms with Gasteiger partial charge in [-0.05, 0) is 44.4 Å². The lowest BCUT2D eigenvalue weighted by atomic mass is 9.89. The molecule has 0 amide bonds. The fourth-order valence-corrected chi connectivity index (χ4v) is 4.13. The molecule has 0 unspecified atom stereocenters. The molecule has 0 spiro atoms. The Morgan fingerprint density at radius 3 is 1.79 bits per heavy atom. The van der Waals surface area contributed by atoms with Gasteiger partial charge in [0.1, 0.15) is 5.71 Å². The summed E-state index contributed by atoms with van der Waals surface area (Å²) in [6.45, 7) is 8.14. The van der Waals surface area contributed by atoms with Crippen molar-refractivity contribution in [2.45, 2.75) is 27.7 Å². The van der Waals surface area contributed by atoms with Crippen LogP contribution >= 0.6 is 0 Å². The summed E-state index contributed by atoms with van der Waals surface area (Å²) in [6, 6.07) is 29.7. The van der Waals surface area contributed by atoms with Crippen LogP contribution in [0.5, 0.6) is 0 Å². The standard InChI is InChI=1S/C31H28N2O/c1-21-14-16-26(23(3)18-21)30(33-32-20-25-10-6-5-7-11-25)28-12-8-9-13-29(28)31(34)27-17-15-22(2)19-24(27)4/h5-20H,1-4H3/b32-20+,33-30+. The van der Waals surface area contributed by atoms with E-state index in [1.54, 1.807) is 6.21 Å². The number of hydrogen-bond acceptors (Lipinski definition) is 3. The molecule has 3 nitrogen and oxygen atoms in total. The van der Waals surface area contributed by atoms with Gasteiger partial charge in [-0.1, -0.05) is 102 Å². The second-order valence-corrected chi connectivity index (χ2v) is 8.62. The predicted octanol–water partition coefficient (Wildman–Crippen LogP) is 7.02. The zero-order valence-corrected chi connectivity index (χ0v) is 20.0. The third-order valence-corrected chi connectivity index (χ3v) is 5.85. The Morgan fingerprint density at radius 2 is 1.18 bits per heavy atom. The van der Waals surface area contributed by atoms with Crippen LogP contribution in [0.2, 0.25) is 0 Å². The average Bonchev–Trinajstić information content (AvgIpc) is 2.83. The van der Waals surface area contributed by atoms with E-state index in [1.165, 1.54) is 5.56 Å². The fourth-order valence-electron chi connectivity index (χ4n) is 4.13. The topological polar surface area (TPSA) is 41.8 Å². The van der Waals surface area contributed by atoms with Gasteiger partial charge in [-0.3, -0.25) is 4.79 Å². The summed E-state index contributed by atoms with van der Waals surface area (Å²) >= 11 is 0. The highest BCUT2D eigenvalue weighted by Crippen LogP contribution is 2.23. The third kappa shape index (κ3) is 5.10. The minimum Gasteiger partial charge on any atom is -0.289 e. The SMILES string of the molecule is Cc1ccc(C(=O)c2ccccc2/C(=N/N=C/c2ccccc2)c2ccc(C)cc2C)c(C)c1. The van der Waals surface area contributed by atoms with E-state index in [9.17, 15) is 4.79 Å². The van der Waals surface area contributed by atoms with Crippen molar-refractivity contribution >= 4 is 17.7 Å². The molecule has 0 atom stereocenters. The van der Waals surface area contributed by atoms with Crippen LogP contribution < -0.4 is 0 Å². The maximum absolute atomic E-state index is 13.7. The Labute approximate surface area is 201 Å². The molecular weight excluding hydrogens is 416 g/mol. The van der Waals surface area contributed by atoms with Crippen molar-refractivity contribution in [2.24, 2.45) is 10.2 Å². The summed E-state index contributed by atoms with van der Waals surface area (Å²) in [5.74, 6) is -0.0161. The van der Waals surface area contributed by atoms with E-state index in [-0.39, 0.29) is 5.78 Å². The first-order chi connectivity index (χ1) is 16.4. The lowest BCUT2D eigenvalue weighted by Crippen LogP contribution is -2.14. The van der Waals surface area contributed by atoms with Crippen LogP contribution in [0, 0.1) is 27.7 Å². The molecular formula is C31H28N2O. The second-order valence-electron chi connectivity index (χ2n) is 8.62. The summed E-state index contributed by atoms with van der Waals surface area (Å²) in [5.41, 5.74) is 9.04. The zero-order chi connectivity index (χ0) is 24.1. The number of benzene rings is 4. The number of aryl methyl sites for hydroxylation is 4. The molecule has 0 aliphatic rings. The Hall–Kier alpha value is -4.11. The molecule has 0 aliphatic carbocycles. The second kappa shape index (κ2) is 10.2. The van der Waals surface area contributed by atoms with E-state index < -0.39 is 0 Å². The molecule has 168 valence electrons. The van der Waals surface area contributed by atoms with Gasteiger partial charge in [0.05, 0.1) is 6.21 Å². The minimum absolute atomic E-state index is 0.0161. The van der Waals surface area contributed by atoms with Crippen LogP contribution in [0.1, 0.15) is 54.9 Å². The van der Waals surface area contributed by atoms with Gasteiger partial charge in [0.2, 0.25) is 0 Å². The highest BCUT2D eigenvalue weighted by molar-refractivity contribution is 6.22. The molecule has 4 aromatic carbocycles. The molecule has 0 aromatic heterocycles. The Morgan fingerprint density at radius 1 is 0.618 bits per heavy atom. The van der Waals surface area contributed by atoms with Crippen LogP contribution in [-0.2, 0) is 0 Å². The van der Waals surface area contributed by atoms with Crippen LogP contribution in [0.3, 0.4) is 0 Å². The van der Waals surface area contributed by atoms with E-state index in [4.69, 9.17) is 0 Å². The average molecular weight is 445 g/mol. The summed E-state index contributed by atoms with van der Waals surface area (Å²) in [6.07, 6.45) is 1.73. The zero-order valence-electron chi connectivity index (χ0n) is 20.0. The fraction of sp³-hybridized carbons (Fsp3) is 0.129. The Bertz CT molecular complexity index is 1400. The van der Waals surface area contributed by atoms with Crippen molar-refractivity contribution in [1.29, 1.82) is 0 Å². The number of ketones is 1. The quantitative estimate of drug-likeness (QED) is 0.179. The smallest absolute Gasteiger partial charge is 0.193 e. The van der Waals surface area contributed by atoms with Crippen LogP contribution in [0.4, 0.5) is 0 Å². The van der Waals surface area contributed by atoms with Gasteiger partial charge < -0.3 is 0 Å². The molecule has 0 bridgehead atoms. The third-order valence-electron chi connectivity index (χ3n) is 5.85. The van der Waals surface area contributed by atoms with Gasteiger partial charge in [0.15, 0.2) is 5.78 Å². The van der Waals surface area contributed by atoms with Gasteiger partial charge >= 0.3 is 0 Å². The van der Waals surface area contributed by atoms with E-state index >= 15 is 0 Å². The lowest BCUT2D eigenvalue weighted by Gasteiger charge is -2.14. The molecule has 34 heavy (non-hydrogen) atoms. The van der Waals surface area contributed by atoms with Crippen LogP contribution in [-0.4, -0.2) is 17.7 Å². The monoisotopic (exact) mass is 444 g/mol. The lowest BCUT2D eigenvalue weighted by molar-refractivity contribution is 0.103. The molecule has 4 aromatic rings. The van der Waals surface area contributed by atoms with Crippen molar-refractivity contribution in [3.8, 4) is 0 Å². The molecule has 0 radical (unpaired) electrons. The first-order valence-electron chi connectivity index (χ1n) is 11.4. The van der Waals surface area contributed by atoms with Gasteiger partial charge in [0.25, 0.3) is 0 Å². The number of nitrogens with zero attached hydrogens (tertiary/aromatic N) is 2. The number of hydrogen-bond donors (Lipinski definition) is 0. The van der Waals surface area contributed by atoms with Gasteiger partial charge in [-0.15, -0.1) is 5.10 Å². The summed E-state index contributed by atoms with van der Waals surface area (Å²) in [4.78, 5) is 13.7. The Kier molecular flexibility index (Phi) is 6.93. The highest BCUT2D eigenvalue weighted by atomic mass is 16.1. The first kappa shape index (κ1) is 23.1. The van der Waals surface area contributed by atoms with Gasteiger partial charge in [-0.25, -0.2) is 0 Å². The summed E-state index contributed by atoms with van der Waals surface area (Å²) < 4.78 is 0. The maximum Gasteiger partial charge on any atom is 0.193 e. The van der Waals surface area contributed by atoms with E-state index in [2.05, 4.69) is 42.2 Å². The molecule has 4 rings (SSSR count). The van der Waals surface area contributed by atoms with Gasteiger partial charge in [0, 0.05) is 22.3 Å². The van der Waals surface area contributed by atoms with Crippen molar-refractivity contribution in [1.82, 2.24) is 0 Å². The highest BCUT2D eigenvalue weighted by Gasteiger charge is 2.20. The number of carbonyl (C=O) groups is 1. The minimum atomic E-state index is -0.0161. The largest absolute Gasteiger partial charge is 0.289 e. The number of rotatable bonds is 6. The van der Waals surface area contributed by atoms with Crippen molar-refractivity contribution in [3.63, 3.8) is 0 Å². The van der Waals surface area contributed by atoms with E-state index in [0.717, 1.165) is 33.4 Å². The van der Waals surface area contributed by atoms with Gasteiger partial charge in [-0.2, -0.15) is 5.10 Å². The van der Waals surface area contributed by atoms with E-state index in [1.807, 2.05) is 86.6 Å². The molecule has 0 fully saturated rings. The predicted molar refractivity (Wildman–Crippen MR) is 141 cm³/mol. The summed E-state index contributed by atoms with van der Waals surface area (Å²) in [7, 11) is 0. The van der Waals surface area contributed by atoms with Crippen LogP contribution in [0.15, 0.2) is 101 Å². The normalized spacial score (nSPS) is 11.7. The maximum atomic E-state index is 13.7.